The van der Waals surface area contributed by atoms with Crippen LogP contribution < -0.4 is 16.2 Å². The summed E-state index contributed by atoms with van der Waals surface area (Å²) in [4.78, 5) is 36.3. The van der Waals surface area contributed by atoms with Crippen LogP contribution in [-0.2, 0) is 24.2 Å². The van der Waals surface area contributed by atoms with Gasteiger partial charge in [-0.25, -0.2) is 13.4 Å². The first-order valence-corrected chi connectivity index (χ1v) is 11.1. The molecule has 1 fully saturated rings. The van der Waals surface area contributed by atoms with Crippen LogP contribution in [0.1, 0.15) is 24.8 Å². The summed E-state index contributed by atoms with van der Waals surface area (Å²) < 4.78 is 23.3. The molecule has 1 atom stereocenters. The molecule has 0 aromatic heterocycles. The van der Waals surface area contributed by atoms with Gasteiger partial charge in [0.1, 0.15) is 5.71 Å². The minimum atomic E-state index is -3.19. The molecule has 1 aromatic rings. The van der Waals surface area contributed by atoms with Crippen LogP contribution in [0.3, 0.4) is 0 Å². The lowest BCUT2D eigenvalue weighted by atomic mass is 10.1. The van der Waals surface area contributed by atoms with Crippen LogP contribution in [0.5, 0.6) is 0 Å². The van der Waals surface area contributed by atoms with E-state index in [0.29, 0.717) is 6.42 Å². The molecular weight excluding hydrogens is 398 g/mol. The van der Waals surface area contributed by atoms with Crippen molar-refractivity contribution in [3.8, 4) is 0 Å². The first kappa shape index (κ1) is 20.8. The highest BCUT2D eigenvalue weighted by molar-refractivity contribution is 7.91. The van der Waals surface area contributed by atoms with Crippen LogP contribution in [0.4, 0.5) is 5.69 Å². The largest absolute Gasteiger partial charge is 0.376 e. The second kappa shape index (κ2) is 8.60. The average Bonchev–Trinajstić information content (AvgIpc) is 3.05. The summed E-state index contributed by atoms with van der Waals surface area (Å²) in [7, 11) is -3.19. The van der Waals surface area contributed by atoms with E-state index in [1.165, 1.54) is 0 Å². The molecule has 2 aliphatic heterocycles. The molecule has 2 aliphatic rings. The molecule has 2 heterocycles. The quantitative estimate of drug-likeness (QED) is 0.559. The Morgan fingerprint density at radius 1 is 1.17 bits per heavy atom. The molecular formula is C18H23N5O5S. The zero-order valence-electron chi connectivity index (χ0n) is 16.0. The number of carbonyl (C=O) groups is 3. The minimum Gasteiger partial charge on any atom is -0.376 e. The van der Waals surface area contributed by atoms with Gasteiger partial charge in [-0.1, -0.05) is 17.7 Å². The Balaban J connectivity index is 1.51. The van der Waals surface area contributed by atoms with Gasteiger partial charge in [-0.3, -0.25) is 25.2 Å². The van der Waals surface area contributed by atoms with Crippen molar-refractivity contribution in [3.05, 3.63) is 29.8 Å². The van der Waals surface area contributed by atoms with Crippen molar-refractivity contribution in [2.75, 3.05) is 23.4 Å². The van der Waals surface area contributed by atoms with Gasteiger partial charge in [-0.05, 0) is 25.5 Å². The van der Waals surface area contributed by atoms with Crippen LogP contribution in [-0.4, -0.2) is 61.0 Å². The van der Waals surface area contributed by atoms with Crippen LogP contribution in [0.25, 0.3) is 0 Å². The molecule has 0 radical (unpaired) electrons. The molecule has 1 saturated heterocycles. The number of benzene rings is 1. The van der Waals surface area contributed by atoms with Crippen molar-refractivity contribution < 1.29 is 22.8 Å². The van der Waals surface area contributed by atoms with Crippen LogP contribution in [0, 0.1) is 6.92 Å². The van der Waals surface area contributed by atoms with E-state index in [2.05, 4.69) is 21.3 Å². The summed E-state index contributed by atoms with van der Waals surface area (Å²) in [6.07, 6.45) is 0.484. The van der Waals surface area contributed by atoms with Gasteiger partial charge in [0.25, 0.3) is 11.8 Å². The van der Waals surface area contributed by atoms with Gasteiger partial charge in [-0.2, -0.15) is 5.10 Å². The van der Waals surface area contributed by atoms with E-state index in [0.717, 1.165) is 16.3 Å². The van der Waals surface area contributed by atoms with Crippen molar-refractivity contribution in [1.29, 1.82) is 0 Å². The average molecular weight is 421 g/mol. The van der Waals surface area contributed by atoms with Crippen molar-refractivity contribution in [1.82, 2.24) is 15.9 Å². The number of hydrazone groups is 1. The molecule has 0 spiro atoms. The standard InChI is InChI=1S/C18H23N5O5S/c1-12-2-4-13(5-3-12)19-10-16(24)20-21-18(26)15-6-7-17(25)23(22-15)14-8-9-29(27,28)11-14/h2-5,14,19H,6-11H2,1H3,(H,20,24)(H,21,26). The molecule has 3 rings (SSSR count). The zero-order chi connectivity index (χ0) is 21.0. The van der Waals surface area contributed by atoms with E-state index in [1.54, 1.807) is 0 Å². The maximum Gasteiger partial charge on any atom is 0.285 e. The van der Waals surface area contributed by atoms with Crippen molar-refractivity contribution in [2.24, 2.45) is 5.10 Å². The highest BCUT2D eigenvalue weighted by atomic mass is 32.2. The number of hydrogen-bond acceptors (Lipinski definition) is 7. The van der Waals surface area contributed by atoms with E-state index in [1.807, 2.05) is 31.2 Å². The summed E-state index contributed by atoms with van der Waals surface area (Å²) in [5.41, 5.74) is 6.51. The molecule has 10 nitrogen and oxygen atoms in total. The lowest BCUT2D eigenvalue weighted by Crippen LogP contribution is -2.49. The van der Waals surface area contributed by atoms with Crippen molar-refractivity contribution >= 4 is 39.0 Å². The molecule has 3 N–H and O–H groups in total. The number of hydrazine groups is 1. The fraction of sp³-hybridized carbons (Fsp3) is 0.444. The summed E-state index contributed by atoms with van der Waals surface area (Å²) in [6.45, 7) is 1.92. The first-order valence-electron chi connectivity index (χ1n) is 9.23. The second-order valence-corrected chi connectivity index (χ2v) is 9.29. The van der Waals surface area contributed by atoms with Crippen LogP contribution >= 0.6 is 0 Å². The molecule has 0 saturated carbocycles. The summed E-state index contributed by atoms with van der Waals surface area (Å²) in [5.74, 6) is -1.55. The van der Waals surface area contributed by atoms with Crippen molar-refractivity contribution in [3.63, 3.8) is 0 Å². The van der Waals surface area contributed by atoms with Gasteiger partial charge < -0.3 is 5.32 Å². The highest BCUT2D eigenvalue weighted by Crippen LogP contribution is 2.22. The van der Waals surface area contributed by atoms with E-state index in [4.69, 9.17) is 0 Å². The molecule has 156 valence electrons. The third-order valence-corrected chi connectivity index (χ3v) is 6.45. The number of carbonyl (C=O) groups excluding carboxylic acids is 3. The number of hydrogen-bond donors (Lipinski definition) is 3. The Morgan fingerprint density at radius 3 is 2.55 bits per heavy atom. The molecule has 0 aliphatic carbocycles. The zero-order valence-corrected chi connectivity index (χ0v) is 16.8. The number of nitrogens with zero attached hydrogens (tertiary/aromatic N) is 2. The van der Waals surface area contributed by atoms with Gasteiger partial charge in [0.15, 0.2) is 9.84 Å². The maximum atomic E-state index is 12.3. The Hall–Kier alpha value is -2.95. The first-order chi connectivity index (χ1) is 13.7. The fourth-order valence-electron chi connectivity index (χ4n) is 3.08. The SMILES string of the molecule is Cc1ccc(NCC(=O)NNC(=O)C2=NN(C3CCS(=O)(=O)C3)C(=O)CC2)cc1. The predicted molar refractivity (Wildman–Crippen MR) is 107 cm³/mol. The molecule has 1 unspecified atom stereocenters. The number of amides is 3. The number of sulfone groups is 1. The molecule has 11 heteroatoms. The number of nitrogens with one attached hydrogen (secondary N) is 3. The number of anilines is 1. The fourth-order valence-corrected chi connectivity index (χ4v) is 4.78. The Bertz CT molecular complexity index is 942. The Labute approximate surface area is 168 Å². The Morgan fingerprint density at radius 2 is 1.90 bits per heavy atom. The summed E-state index contributed by atoms with van der Waals surface area (Å²) in [6, 6.07) is 6.95. The van der Waals surface area contributed by atoms with Crippen molar-refractivity contribution in [2.45, 2.75) is 32.2 Å². The lowest BCUT2D eigenvalue weighted by molar-refractivity contribution is -0.134. The second-order valence-electron chi connectivity index (χ2n) is 7.06. The van der Waals surface area contributed by atoms with Gasteiger partial charge in [0.2, 0.25) is 5.91 Å². The molecule has 3 amide bonds. The van der Waals surface area contributed by atoms with Crippen LogP contribution in [0.2, 0.25) is 0 Å². The highest BCUT2D eigenvalue weighted by Gasteiger charge is 2.37. The third-order valence-electron chi connectivity index (χ3n) is 4.70. The normalized spacial score (nSPS) is 20.7. The molecule has 29 heavy (non-hydrogen) atoms. The maximum absolute atomic E-state index is 12.3. The van der Waals surface area contributed by atoms with Gasteiger partial charge in [-0.15, -0.1) is 0 Å². The van der Waals surface area contributed by atoms with Crippen LogP contribution in [0.15, 0.2) is 29.4 Å². The van der Waals surface area contributed by atoms with E-state index < -0.39 is 27.7 Å². The third kappa shape index (κ3) is 5.53. The smallest absolute Gasteiger partial charge is 0.285 e. The van der Waals surface area contributed by atoms with Gasteiger partial charge in [0.05, 0.1) is 24.1 Å². The summed E-state index contributed by atoms with van der Waals surface area (Å²) in [5, 5.41) is 8.08. The van der Waals surface area contributed by atoms with E-state index in [9.17, 15) is 22.8 Å². The minimum absolute atomic E-state index is 0.00252. The molecule has 0 bridgehead atoms. The topological polar surface area (TPSA) is 137 Å². The number of rotatable bonds is 5. The van der Waals surface area contributed by atoms with Gasteiger partial charge >= 0.3 is 0 Å². The van der Waals surface area contributed by atoms with Gasteiger partial charge in [0, 0.05) is 18.5 Å². The van der Waals surface area contributed by atoms with E-state index >= 15 is 0 Å². The Kier molecular flexibility index (Phi) is 6.16. The number of aryl methyl sites for hydroxylation is 1. The predicted octanol–water partition coefficient (Wildman–Crippen LogP) is -0.280. The lowest BCUT2D eigenvalue weighted by Gasteiger charge is -2.27. The monoisotopic (exact) mass is 421 g/mol. The molecule has 1 aromatic carbocycles. The summed E-state index contributed by atoms with van der Waals surface area (Å²) >= 11 is 0. The van der Waals surface area contributed by atoms with E-state index in [-0.39, 0.29) is 42.5 Å².